The number of halogens is 1. The molecule has 0 amide bonds. The molecule has 1 unspecified atom stereocenters. The topological polar surface area (TPSA) is 50.9 Å². The molecule has 1 fully saturated rings. The van der Waals surface area contributed by atoms with E-state index < -0.39 is 5.60 Å². The maximum absolute atomic E-state index is 11.0. The van der Waals surface area contributed by atoms with Gasteiger partial charge in [0.15, 0.2) is 0 Å². The van der Waals surface area contributed by atoms with Crippen molar-refractivity contribution in [2.75, 3.05) is 0 Å². The number of nitrogens with zero attached hydrogens (tertiary/aromatic N) is 3. The highest BCUT2D eigenvalue weighted by Crippen LogP contribution is 2.49. The summed E-state index contributed by atoms with van der Waals surface area (Å²) >= 11 is 3.51. The first-order valence-electron chi connectivity index (χ1n) is 6.81. The fourth-order valence-corrected chi connectivity index (χ4v) is 3.74. The maximum atomic E-state index is 11.0. The Balaban J connectivity index is 2.07. The Hall–Kier alpha value is -1.20. The highest BCUT2D eigenvalue weighted by molar-refractivity contribution is 9.10. The lowest BCUT2D eigenvalue weighted by molar-refractivity contribution is -0.0821. The number of benzene rings is 1. The van der Waals surface area contributed by atoms with Gasteiger partial charge in [-0.3, -0.25) is 0 Å². The summed E-state index contributed by atoms with van der Waals surface area (Å²) in [5, 5.41) is 19.2. The van der Waals surface area contributed by atoms with E-state index in [0.29, 0.717) is 5.92 Å². The predicted octanol–water partition coefficient (Wildman–Crippen LogP) is 2.87. The van der Waals surface area contributed by atoms with Gasteiger partial charge in [0.1, 0.15) is 12.2 Å². The van der Waals surface area contributed by atoms with Gasteiger partial charge in [-0.25, -0.2) is 0 Å². The van der Waals surface area contributed by atoms with Crippen LogP contribution in [-0.4, -0.2) is 25.5 Å². The summed E-state index contributed by atoms with van der Waals surface area (Å²) in [7, 11) is 1.92. The van der Waals surface area contributed by atoms with Crippen LogP contribution in [0.3, 0.4) is 0 Å². The SMILES string of the molecule is CC1CC(O)(C(c2cccc(Br)c2)c2nncn2C)C1. The minimum atomic E-state index is -0.721. The zero-order valence-electron chi connectivity index (χ0n) is 11.6. The second-order valence-corrected chi connectivity index (χ2v) is 6.82. The van der Waals surface area contributed by atoms with Gasteiger partial charge in [0.25, 0.3) is 0 Å². The van der Waals surface area contributed by atoms with E-state index in [-0.39, 0.29) is 5.92 Å². The van der Waals surface area contributed by atoms with Crippen LogP contribution in [0.5, 0.6) is 0 Å². The molecule has 0 radical (unpaired) electrons. The molecule has 2 aromatic rings. The quantitative estimate of drug-likeness (QED) is 0.938. The summed E-state index contributed by atoms with van der Waals surface area (Å²) in [6.45, 7) is 2.17. The highest BCUT2D eigenvalue weighted by Gasteiger charge is 2.49. The third kappa shape index (κ3) is 2.29. The Kier molecular flexibility index (Phi) is 3.42. The second-order valence-electron chi connectivity index (χ2n) is 5.91. The molecule has 1 atom stereocenters. The molecule has 1 heterocycles. The molecule has 3 rings (SSSR count). The number of aryl methyl sites for hydroxylation is 1. The summed E-state index contributed by atoms with van der Waals surface area (Å²) < 4.78 is 2.91. The Morgan fingerprint density at radius 1 is 1.45 bits per heavy atom. The lowest BCUT2D eigenvalue weighted by Crippen LogP contribution is -2.48. The molecule has 0 bridgehead atoms. The van der Waals surface area contributed by atoms with Crippen LogP contribution in [0.2, 0.25) is 0 Å². The number of hydrogen-bond acceptors (Lipinski definition) is 3. The van der Waals surface area contributed by atoms with E-state index in [0.717, 1.165) is 28.7 Å². The molecule has 0 saturated heterocycles. The van der Waals surface area contributed by atoms with Crippen LogP contribution in [-0.2, 0) is 7.05 Å². The van der Waals surface area contributed by atoms with Crippen molar-refractivity contribution in [2.24, 2.45) is 13.0 Å². The summed E-state index contributed by atoms with van der Waals surface area (Å²) in [5.74, 6) is 1.24. The average Bonchev–Trinajstić information content (AvgIpc) is 2.74. The molecule has 1 aliphatic carbocycles. The number of rotatable bonds is 3. The Bertz CT molecular complexity index is 619. The zero-order chi connectivity index (χ0) is 14.3. The van der Waals surface area contributed by atoms with E-state index >= 15 is 0 Å². The van der Waals surface area contributed by atoms with Crippen LogP contribution >= 0.6 is 15.9 Å². The fraction of sp³-hybridized carbons (Fsp3) is 0.467. The van der Waals surface area contributed by atoms with E-state index in [1.807, 2.05) is 29.8 Å². The minimum absolute atomic E-state index is 0.135. The summed E-state index contributed by atoms with van der Waals surface area (Å²) in [5.41, 5.74) is 0.353. The van der Waals surface area contributed by atoms with E-state index in [4.69, 9.17) is 0 Å². The monoisotopic (exact) mass is 335 g/mol. The Morgan fingerprint density at radius 2 is 2.20 bits per heavy atom. The largest absolute Gasteiger partial charge is 0.389 e. The standard InChI is InChI=1S/C15H18BrN3O/c1-10-7-15(20,8-10)13(14-18-17-9-19(14)2)11-4-3-5-12(16)6-11/h3-6,9-10,13,20H,7-8H2,1-2H3. The molecule has 1 aliphatic rings. The fourth-order valence-electron chi connectivity index (χ4n) is 3.32. The molecule has 5 heteroatoms. The summed E-state index contributed by atoms with van der Waals surface area (Å²) in [6.07, 6.45) is 3.29. The van der Waals surface area contributed by atoms with E-state index in [9.17, 15) is 5.11 Å². The summed E-state index contributed by atoms with van der Waals surface area (Å²) in [6, 6.07) is 8.09. The Morgan fingerprint density at radius 3 is 2.75 bits per heavy atom. The lowest BCUT2D eigenvalue weighted by Gasteiger charge is -2.47. The van der Waals surface area contributed by atoms with Crippen molar-refractivity contribution in [2.45, 2.75) is 31.3 Å². The molecule has 1 aromatic heterocycles. The smallest absolute Gasteiger partial charge is 0.143 e. The lowest BCUT2D eigenvalue weighted by atomic mass is 9.63. The van der Waals surface area contributed by atoms with Crippen LogP contribution in [0.1, 0.15) is 37.1 Å². The molecule has 0 aliphatic heterocycles. The van der Waals surface area contributed by atoms with Gasteiger partial charge < -0.3 is 9.67 Å². The molecular formula is C15H18BrN3O. The van der Waals surface area contributed by atoms with Crippen molar-refractivity contribution in [3.05, 3.63) is 46.5 Å². The number of hydrogen-bond donors (Lipinski definition) is 1. The van der Waals surface area contributed by atoms with Crippen molar-refractivity contribution in [1.82, 2.24) is 14.8 Å². The number of aliphatic hydroxyl groups is 1. The van der Waals surface area contributed by atoms with Crippen molar-refractivity contribution in [3.8, 4) is 0 Å². The molecule has 1 aromatic carbocycles. The molecule has 0 spiro atoms. The van der Waals surface area contributed by atoms with E-state index in [1.165, 1.54) is 0 Å². The first-order valence-corrected chi connectivity index (χ1v) is 7.60. The maximum Gasteiger partial charge on any atom is 0.143 e. The van der Waals surface area contributed by atoms with Gasteiger partial charge in [0.2, 0.25) is 0 Å². The molecule has 1 N–H and O–H groups in total. The molecule has 4 nitrogen and oxygen atoms in total. The average molecular weight is 336 g/mol. The summed E-state index contributed by atoms with van der Waals surface area (Å²) in [4.78, 5) is 0. The van der Waals surface area contributed by atoms with Gasteiger partial charge in [0.05, 0.1) is 11.5 Å². The van der Waals surface area contributed by atoms with Crippen LogP contribution in [0.25, 0.3) is 0 Å². The van der Waals surface area contributed by atoms with Crippen LogP contribution in [0.15, 0.2) is 35.1 Å². The molecule has 106 valence electrons. The number of aromatic nitrogens is 3. The Labute approximate surface area is 127 Å². The van der Waals surface area contributed by atoms with E-state index in [1.54, 1.807) is 6.33 Å². The molecule has 20 heavy (non-hydrogen) atoms. The van der Waals surface area contributed by atoms with Crippen molar-refractivity contribution in [1.29, 1.82) is 0 Å². The van der Waals surface area contributed by atoms with Gasteiger partial charge in [-0.2, -0.15) is 0 Å². The van der Waals surface area contributed by atoms with Gasteiger partial charge in [0, 0.05) is 11.5 Å². The van der Waals surface area contributed by atoms with E-state index in [2.05, 4.69) is 39.1 Å². The van der Waals surface area contributed by atoms with Gasteiger partial charge in [-0.1, -0.05) is 35.0 Å². The normalized spacial score (nSPS) is 27.1. The first kappa shape index (κ1) is 13.8. The predicted molar refractivity (Wildman–Crippen MR) is 80.3 cm³/mol. The minimum Gasteiger partial charge on any atom is -0.389 e. The van der Waals surface area contributed by atoms with Gasteiger partial charge in [-0.05, 0) is 36.5 Å². The van der Waals surface area contributed by atoms with Gasteiger partial charge >= 0.3 is 0 Å². The zero-order valence-corrected chi connectivity index (χ0v) is 13.2. The van der Waals surface area contributed by atoms with Crippen molar-refractivity contribution < 1.29 is 5.11 Å². The van der Waals surface area contributed by atoms with Crippen LogP contribution in [0.4, 0.5) is 0 Å². The third-order valence-corrected chi connectivity index (χ3v) is 4.62. The first-order chi connectivity index (χ1) is 9.49. The molecular weight excluding hydrogens is 318 g/mol. The second kappa shape index (κ2) is 4.97. The highest BCUT2D eigenvalue weighted by atomic mass is 79.9. The van der Waals surface area contributed by atoms with Crippen molar-refractivity contribution in [3.63, 3.8) is 0 Å². The molecule has 1 saturated carbocycles. The van der Waals surface area contributed by atoms with Gasteiger partial charge in [-0.15, -0.1) is 10.2 Å². The third-order valence-electron chi connectivity index (χ3n) is 4.13. The van der Waals surface area contributed by atoms with Crippen LogP contribution in [0, 0.1) is 5.92 Å². The van der Waals surface area contributed by atoms with Crippen molar-refractivity contribution >= 4 is 15.9 Å². The van der Waals surface area contributed by atoms with Crippen LogP contribution < -0.4 is 0 Å².